The number of hydrogen-bond acceptors (Lipinski definition) is 3. The molecule has 0 spiro atoms. The topological polar surface area (TPSA) is 53.3 Å². The maximum atomic E-state index is 11.6. The highest BCUT2D eigenvalue weighted by Gasteiger charge is 2.15. The summed E-state index contributed by atoms with van der Waals surface area (Å²) in [6.45, 7) is 1.35. The first-order chi connectivity index (χ1) is 8.24. The minimum absolute atomic E-state index is 0.0314. The number of likely N-dealkylation sites (N-methyl/N-ethyl adjacent to an activating group) is 1. The predicted molar refractivity (Wildman–Crippen MR) is 65.3 cm³/mol. The minimum Gasteiger partial charge on any atom is -0.371 e. The van der Waals surface area contributed by atoms with E-state index in [1.807, 2.05) is 6.07 Å². The Morgan fingerprint density at radius 3 is 2.76 bits per heavy atom. The number of carbonyl (C=O) groups is 1. The molecular formula is C13H22N2O2. The number of nitrogens with zero attached hydrogens (tertiary/aromatic N) is 2. The molecule has 0 aromatic heterocycles. The van der Waals surface area contributed by atoms with Gasteiger partial charge in [0.2, 0.25) is 5.91 Å². The lowest BCUT2D eigenvalue weighted by atomic mass is 9.90. The quantitative estimate of drug-likeness (QED) is 0.710. The van der Waals surface area contributed by atoms with Crippen LogP contribution in [0.15, 0.2) is 0 Å². The van der Waals surface area contributed by atoms with Crippen molar-refractivity contribution < 1.29 is 9.53 Å². The van der Waals surface area contributed by atoms with Crippen molar-refractivity contribution in [3.05, 3.63) is 0 Å². The molecule has 0 saturated heterocycles. The van der Waals surface area contributed by atoms with E-state index in [0.717, 1.165) is 0 Å². The van der Waals surface area contributed by atoms with Gasteiger partial charge in [0.25, 0.3) is 0 Å². The Morgan fingerprint density at radius 1 is 1.41 bits per heavy atom. The number of hydrogen-bond donors (Lipinski definition) is 0. The standard InChI is InChI=1S/C13H22N2O2/c1-15(9-5-8-14)13(16)11-17-10-12-6-3-2-4-7-12/h12H,2-7,9-11H2,1H3. The van der Waals surface area contributed by atoms with Crippen LogP contribution in [0.1, 0.15) is 38.5 Å². The number of amides is 1. The van der Waals surface area contributed by atoms with Gasteiger partial charge in [0.1, 0.15) is 6.61 Å². The minimum atomic E-state index is -0.0314. The molecule has 96 valence electrons. The van der Waals surface area contributed by atoms with Crippen molar-refractivity contribution in [2.24, 2.45) is 5.92 Å². The van der Waals surface area contributed by atoms with Crippen LogP contribution < -0.4 is 0 Å². The SMILES string of the molecule is CN(CCC#N)C(=O)COCC1CCCCC1. The Morgan fingerprint density at radius 2 is 2.12 bits per heavy atom. The van der Waals surface area contributed by atoms with E-state index < -0.39 is 0 Å². The fourth-order valence-electron chi connectivity index (χ4n) is 2.12. The molecule has 1 saturated carbocycles. The van der Waals surface area contributed by atoms with Gasteiger partial charge >= 0.3 is 0 Å². The van der Waals surface area contributed by atoms with E-state index >= 15 is 0 Å². The van der Waals surface area contributed by atoms with Gasteiger partial charge in [0.15, 0.2) is 0 Å². The summed E-state index contributed by atoms with van der Waals surface area (Å²) in [5, 5.41) is 8.42. The fourth-order valence-corrected chi connectivity index (χ4v) is 2.12. The molecule has 0 heterocycles. The fraction of sp³-hybridized carbons (Fsp3) is 0.846. The zero-order valence-electron chi connectivity index (χ0n) is 10.7. The summed E-state index contributed by atoms with van der Waals surface area (Å²) in [7, 11) is 1.71. The molecule has 0 radical (unpaired) electrons. The molecular weight excluding hydrogens is 216 g/mol. The zero-order valence-corrected chi connectivity index (χ0v) is 10.7. The van der Waals surface area contributed by atoms with E-state index in [1.54, 1.807) is 11.9 Å². The first-order valence-corrected chi connectivity index (χ1v) is 6.42. The zero-order chi connectivity index (χ0) is 12.5. The maximum absolute atomic E-state index is 11.6. The smallest absolute Gasteiger partial charge is 0.248 e. The number of carbonyl (C=O) groups excluding carboxylic acids is 1. The Hall–Kier alpha value is -1.08. The highest BCUT2D eigenvalue weighted by atomic mass is 16.5. The molecule has 1 rings (SSSR count). The van der Waals surface area contributed by atoms with Gasteiger partial charge in [-0.1, -0.05) is 19.3 Å². The Kier molecular flexibility index (Phi) is 6.64. The van der Waals surface area contributed by atoms with Crippen molar-refractivity contribution in [3.8, 4) is 6.07 Å². The van der Waals surface area contributed by atoms with Crippen LogP contribution in [0.25, 0.3) is 0 Å². The second-order valence-corrected chi connectivity index (χ2v) is 4.74. The van der Waals surface area contributed by atoms with Crippen molar-refractivity contribution in [1.82, 2.24) is 4.90 Å². The van der Waals surface area contributed by atoms with Gasteiger partial charge in [0.05, 0.1) is 19.1 Å². The molecule has 1 aliphatic carbocycles. The Labute approximate surface area is 104 Å². The first-order valence-electron chi connectivity index (χ1n) is 6.42. The van der Waals surface area contributed by atoms with Crippen molar-refractivity contribution >= 4 is 5.91 Å². The maximum Gasteiger partial charge on any atom is 0.248 e. The lowest BCUT2D eigenvalue weighted by molar-refractivity contribution is -0.135. The molecule has 4 nitrogen and oxygen atoms in total. The van der Waals surface area contributed by atoms with Gasteiger partial charge in [-0.25, -0.2) is 0 Å². The van der Waals surface area contributed by atoms with Gasteiger partial charge in [-0.15, -0.1) is 0 Å². The summed E-state index contributed by atoms with van der Waals surface area (Å²) in [5.41, 5.74) is 0. The molecule has 0 bridgehead atoms. The summed E-state index contributed by atoms with van der Waals surface area (Å²) >= 11 is 0. The molecule has 0 unspecified atom stereocenters. The van der Waals surface area contributed by atoms with Crippen molar-refractivity contribution in [2.45, 2.75) is 38.5 Å². The summed E-state index contributed by atoms with van der Waals surface area (Å²) in [6.07, 6.45) is 6.78. The molecule has 0 aromatic carbocycles. The predicted octanol–water partition coefficient (Wildman–Crippen LogP) is 1.96. The van der Waals surface area contributed by atoms with Crippen molar-refractivity contribution in [3.63, 3.8) is 0 Å². The highest BCUT2D eigenvalue weighted by molar-refractivity contribution is 5.77. The molecule has 0 aromatic rings. The second-order valence-electron chi connectivity index (χ2n) is 4.74. The monoisotopic (exact) mass is 238 g/mol. The average molecular weight is 238 g/mol. The van der Waals surface area contributed by atoms with Gasteiger partial charge < -0.3 is 9.64 Å². The van der Waals surface area contributed by atoms with E-state index in [4.69, 9.17) is 10.00 Å². The van der Waals surface area contributed by atoms with Crippen LogP contribution in [-0.2, 0) is 9.53 Å². The molecule has 1 aliphatic rings. The van der Waals surface area contributed by atoms with Gasteiger partial charge in [-0.05, 0) is 18.8 Å². The van der Waals surface area contributed by atoms with Crippen LogP contribution in [0.5, 0.6) is 0 Å². The molecule has 0 N–H and O–H groups in total. The van der Waals surface area contributed by atoms with Gasteiger partial charge in [-0.2, -0.15) is 5.26 Å². The van der Waals surface area contributed by atoms with Crippen LogP contribution in [0.2, 0.25) is 0 Å². The first kappa shape index (κ1) is 14.0. The molecule has 0 aliphatic heterocycles. The molecule has 1 fully saturated rings. The third-order valence-corrected chi connectivity index (χ3v) is 3.29. The second kappa shape index (κ2) is 8.08. The molecule has 4 heteroatoms. The lowest BCUT2D eigenvalue weighted by Gasteiger charge is -2.22. The van der Waals surface area contributed by atoms with Crippen LogP contribution in [0.4, 0.5) is 0 Å². The summed E-state index contributed by atoms with van der Waals surface area (Å²) in [5.74, 6) is 0.608. The van der Waals surface area contributed by atoms with Crippen LogP contribution >= 0.6 is 0 Å². The third kappa shape index (κ3) is 5.69. The van der Waals surface area contributed by atoms with E-state index in [2.05, 4.69) is 0 Å². The highest BCUT2D eigenvalue weighted by Crippen LogP contribution is 2.23. The summed E-state index contributed by atoms with van der Waals surface area (Å²) in [4.78, 5) is 13.1. The number of ether oxygens (including phenoxy) is 1. The van der Waals surface area contributed by atoms with Gasteiger partial charge in [-0.3, -0.25) is 4.79 Å². The third-order valence-electron chi connectivity index (χ3n) is 3.29. The van der Waals surface area contributed by atoms with E-state index in [1.165, 1.54) is 32.1 Å². The summed E-state index contributed by atoms with van der Waals surface area (Å²) in [6, 6.07) is 2.03. The normalized spacial score (nSPS) is 16.5. The van der Waals surface area contributed by atoms with E-state index in [-0.39, 0.29) is 12.5 Å². The molecule has 17 heavy (non-hydrogen) atoms. The summed E-state index contributed by atoms with van der Waals surface area (Å²) < 4.78 is 5.46. The number of rotatable bonds is 6. The molecule has 1 amide bonds. The van der Waals surface area contributed by atoms with Crippen molar-refractivity contribution in [1.29, 1.82) is 5.26 Å². The molecule has 0 atom stereocenters. The van der Waals surface area contributed by atoms with E-state index in [0.29, 0.717) is 25.5 Å². The van der Waals surface area contributed by atoms with Crippen LogP contribution in [0.3, 0.4) is 0 Å². The largest absolute Gasteiger partial charge is 0.371 e. The van der Waals surface area contributed by atoms with Gasteiger partial charge in [0, 0.05) is 13.6 Å². The Balaban J connectivity index is 2.08. The van der Waals surface area contributed by atoms with Crippen LogP contribution in [-0.4, -0.2) is 37.6 Å². The van der Waals surface area contributed by atoms with Crippen molar-refractivity contribution in [2.75, 3.05) is 26.8 Å². The van der Waals surface area contributed by atoms with E-state index in [9.17, 15) is 4.79 Å². The Bertz CT molecular complexity index is 267. The average Bonchev–Trinajstić information content (AvgIpc) is 2.37. The lowest BCUT2D eigenvalue weighted by Crippen LogP contribution is -2.31. The number of nitriles is 1. The van der Waals surface area contributed by atoms with Crippen LogP contribution in [0, 0.1) is 17.2 Å².